The highest BCUT2D eigenvalue weighted by molar-refractivity contribution is 5.81. The van der Waals surface area contributed by atoms with Crippen LogP contribution in [0.4, 0.5) is 5.82 Å². The number of fused-ring (bicyclic) bond motifs is 1. The second-order valence-electron chi connectivity index (χ2n) is 3.62. The summed E-state index contributed by atoms with van der Waals surface area (Å²) < 4.78 is 1.82. The lowest BCUT2D eigenvalue weighted by atomic mass is 10.4. The monoisotopic (exact) mass is 229 g/mol. The van der Waals surface area contributed by atoms with Crippen LogP contribution in [-0.2, 0) is 13.6 Å². The van der Waals surface area contributed by atoms with Gasteiger partial charge in [-0.1, -0.05) is 0 Å². The van der Waals surface area contributed by atoms with Crippen molar-refractivity contribution < 1.29 is 0 Å². The zero-order valence-electron chi connectivity index (χ0n) is 9.25. The summed E-state index contributed by atoms with van der Waals surface area (Å²) in [5, 5.41) is 7.33. The van der Waals surface area contributed by atoms with Gasteiger partial charge in [0.05, 0.1) is 18.6 Å². The summed E-state index contributed by atoms with van der Waals surface area (Å²) in [6.07, 6.45) is 4.88. The number of hydrogen-bond acceptors (Lipinski definition) is 5. The van der Waals surface area contributed by atoms with Crippen LogP contribution in [0.25, 0.3) is 11.2 Å². The van der Waals surface area contributed by atoms with E-state index in [4.69, 9.17) is 0 Å². The van der Waals surface area contributed by atoms with Crippen molar-refractivity contribution in [1.29, 1.82) is 0 Å². The Hall–Kier alpha value is -2.44. The van der Waals surface area contributed by atoms with E-state index in [1.165, 1.54) is 6.33 Å². The number of nitrogens with one attached hydrogen (secondary N) is 2. The summed E-state index contributed by atoms with van der Waals surface area (Å²) in [7, 11) is 1.90. The molecule has 2 N–H and O–H groups in total. The predicted molar refractivity (Wildman–Crippen MR) is 62.2 cm³/mol. The Balaban J connectivity index is 1.86. The molecule has 0 unspecified atom stereocenters. The molecule has 0 aliphatic rings. The molecule has 7 nitrogen and oxygen atoms in total. The van der Waals surface area contributed by atoms with E-state index in [1.54, 1.807) is 12.5 Å². The zero-order chi connectivity index (χ0) is 11.7. The van der Waals surface area contributed by atoms with Crippen molar-refractivity contribution in [2.45, 2.75) is 6.54 Å². The van der Waals surface area contributed by atoms with E-state index < -0.39 is 0 Å². The molecule has 0 fully saturated rings. The Bertz CT molecular complexity index is 639. The molecule has 3 aromatic rings. The van der Waals surface area contributed by atoms with Crippen LogP contribution in [0.1, 0.15) is 5.69 Å². The average Bonchev–Trinajstić information content (AvgIpc) is 2.95. The number of H-pyrrole nitrogens is 1. The van der Waals surface area contributed by atoms with E-state index in [1.807, 2.05) is 17.8 Å². The fourth-order valence-corrected chi connectivity index (χ4v) is 1.64. The summed E-state index contributed by atoms with van der Waals surface area (Å²) in [6, 6.07) is 1.95. The van der Waals surface area contributed by atoms with Crippen LogP contribution in [0.5, 0.6) is 0 Å². The minimum absolute atomic E-state index is 0.648. The molecular weight excluding hydrogens is 218 g/mol. The molecule has 3 heterocycles. The van der Waals surface area contributed by atoms with Crippen LogP contribution in [0.2, 0.25) is 0 Å². The van der Waals surface area contributed by atoms with Gasteiger partial charge in [-0.3, -0.25) is 4.68 Å². The number of aromatic nitrogens is 6. The molecule has 0 saturated heterocycles. The molecule has 0 amide bonds. The molecule has 3 aromatic heterocycles. The maximum absolute atomic E-state index is 4.18. The van der Waals surface area contributed by atoms with E-state index in [0.717, 1.165) is 22.7 Å². The molecule has 3 rings (SSSR count). The molecule has 0 bridgehead atoms. The minimum Gasteiger partial charge on any atom is -0.362 e. The summed E-state index contributed by atoms with van der Waals surface area (Å²) in [4.78, 5) is 15.4. The quantitative estimate of drug-likeness (QED) is 0.690. The van der Waals surface area contributed by atoms with Crippen molar-refractivity contribution in [3.05, 3.63) is 30.6 Å². The Kier molecular flexibility index (Phi) is 2.21. The Morgan fingerprint density at radius 2 is 2.29 bits per heavy atom. The van der Waals surface area contributed by atoms with Crippen molar-refractivity contribution in [1.82, 2.24) is 29.7 Å². The normalized spacial score (nSPS) is 10.9. The van der Waals surface area contributed by atoms with Gasteiger partial charge >= 0.3 is 0 Å². The lowest BCUT2D eigenvalue weighted by Gasteiger charge is -2.05. The molecule has 0 aliphatic carbocycles. The molecule has 0 saturated carbocycles. The summed E-state index contributed by atoms with van der Waals surface area (Å²) >= 11 is 0. The van der Waals surface area contributed by atoms with E-state index in [0.29, 0.717) is 6.54 Å². The summed E-state index contributed by atoms with van der Waals surface area (Å²) in [6.45, 7) is 0.648. The van der Waals surface area contributed by atoms with Crippen molar-refractivity contribution in [2.24, 2.45) is 7.05 Å². The highest BCUT2D eigenvalue weighted by Gasteiger charge is 2.06. The van der Waals surface area contributed by atoms with Gasteiger partial charge in [-0.15, -0.1) is 0 Å². The highest BCUT2D eigenvalue weighted by atomic mass is 15.3. The van der Waals surface area contributed by atoms with Gasteiger partial charge in [0.2, 0.25) is 0 Å². The van der Waals surface area contributed by atoms with Gasteiger partial charge in [0.15, 0.2) is 11.5 Å². The number of nitrogens with zero attached hydrogens (tertiary/aromatic N) is 5. The molecular formula is C10H11N7. The van der Waals surface area contributed by atoms with Gasteiger partial charge in [-0.05, 0) is 6.07 Å². The van der Waals surface area contributed by atoms with Crippen LogP contribution in [0.3, 0.4) is 0 Å². The number of anilines is 1. The second-order valence-corrected chi connectivity index (χ2v) is 3.62. The lowest BCUT2D eigenvalue weighted by molar-refractivity contribution is 0.720. The van der Waals surface area contributed by atoms with Crippen molar-refractivity contribution in [3.8, 4) is 0 Å². The van der Waals surface area contributed by atoms with Gasteiger partial charge < -0.3 is 10.3 Å². The van der Waals surface area contributed by atoms with Crippen LogP contribution < -0.4 is 5.32 Å². The average molecular weight is 229 g/mol. The van der Waals surface area contributed by atoms with Crippen LogP contribution in [0.15, 0.2) is 24.9 Å². The first-order valence-electron chi connectivity index (χ1n) is 5.19. The molecule has 0 radical (unpaired) electrons. The van der Waals surface area contributed by atoms with E-state index in [9.17, 15) is 0 Å². The standard InChI is InChI=1S/C10H11N7/c1-17-7(2-3-16-17)4-11-9-8-10(13-5-12-8)15-6-14-9/h2-3,5-6H,4H2,1H3,(H2,11,12,13,14,15). The Morgan fingerprint density at radius 3 is 3.12 bits per heavy atom. The fourth-order valence-electron chi connectivity index (χ4n) is 1.64. The number of aryl methyl sites for hydroxylation is 1. The lowest BCUT2D eigenvalue weighted by Crippen LogP contribution is -2.07. The summed E-state index contributed by atoms with van der Waals surface area (Å²) in [5.41, 5.74) is 2.55. The van der Waals surface area contributed by atoms with E-state index >= 15 is 0 Å². The third-order valence-electron chi connectivity index (χ3n) is 2.58. The van der Waals surface area contributed by atoms with Crippen molar-refractivity contribution >= 4 is 17.0 Å². The third kappa shape index (κ3) is 1.71. The van der Waals surface area contributed by atoms with Gasteiger partial charge in [0.1, 0.15) is 11.8 Å². The molecule has 0 spiro atoms. The smallest absolute Gasteiger partial charge is 0.162 e. The van der Waals surface area contributed by atoms with Gasteiger partial charge in [0, 0.05) is 13.2 Å². The first-order valence-corrected chi connectivity index (χ1v) is 5.19. The molecule has 0 aromatic carbocycles. The van der Waals surface area contributed by atoms with E-state index in [2.05, 4.69) is 30.4 Å². The maximum Gasteiger partial charge on any atom is 0.162 e. The second kappa shape index (κ2) is 3.85. The van der Waals surface area contributed by atoms with Gasteiger partial charge in [0.25, 0.3) is 0 Å². The molecule has 17 heavy (non-hydrogen) atoms. The first kappa shape index (κ1) is 9.76. The molecule has 86 valence electrons. The SMILES string of the molecule is Cn1nccc1CNc1ncnc2[nH]cnc12. The van der Waals surface area contributed by atoms with Crippen LogP contribution in [0, 0.1) is 0 Å². The van der Waals surface area contributed by atoms with Gasteiger partial charge in [-0.2, -0.15) is 5.10 Å². The highest BCUT2D eigenvalue weighted by Crippen LogP contribution is 2.15. The topological polar surface area (TPSA) is 84.3 Å². The summed E-state index contributed by atoms with van der Waals surface area (Å²) in [5.74, 6) is 0.720. The minimum atomic E-state index is 0.648. The zero-order valence-corrected chi connectivity index (χ0v) is 9.25. The maximum atomic E-state index is 4.18. The molecule has 0 atom stereocenters. The number of hydrogen-bond donors (Lipinski definition) is 2. The molecule has 0 aliphatic heterocycles. The van der Waals surface area contributed by atoms with Crippen LogP contribution in [-0.4, -0.2) is 29.7 Å². The Labute approximate surface area is 96.9 Å². The number of rotatable bonds is 3. The fraction of sp³-hybridized carbons (Fsp3) is 0.200. The Morgan fingerprint density at radius 1 is 1.35 bits per heavy atom. The third-order valence-corrected chi connectivity index (χ3v) is 2.58. The molecule has 7 heteroatoms. The van der Waals surface area contributed by atoms with E-state index in [-0.39, 0.29) is 0 Å². The van der Waals surface area contributed by atoms with Crippen molar-refractivity contribution in [2.75, 3.05) is 5.32 Å². The number of imidazole rings is 1. The van der Waals surface area contributed by atoms with Gasteiger partial charge in [-0.25, -0.2) is 15.0 Å². The first-order chi connectivity index (χ1) is 8.34. The predicted octanol–water partition coefficient (Wildman–Crippen LogP) is 0.699. The number of aromatic amines is 1. The van der Waals surface area contributed by atoms with Crippen molar-refractivity contribution in [3.63, 3.8) is 0 Å². The largest absolute Gasteiger partial charge is 0.362 e. The van der Waals surface area contributed by atoms with Crippen LogP contribution >= 0.6 is 0 Å².